The largest absolute Gasteiger partial charge is 0.382 e. The Morgan fingerprint density at radius 2 is 2.05 bits per heavy atom. The molecule has 0 saturated heterocycles. The molecule has 0 unspecified atom stereocenters. The molecule has 0 fully saturated rings. The molecule has 112 valence electrons. The van der Waals surface area contributed by atoms with Crippen LogP contribution in [0.4, 0.5) is 5.69 Å². The highest BCUT2D eigenvalue weighted by atomic mass is 32.2. The fourth-order valence-electron chi connectivity index (χ4n) is 1.49. The number of amides is 1. The second-order valence-corrected chi connectivity index (χ2v) is 5.65. The molecule has 8 heteroatoms. The molecule has 3 N–H and O–H groups in total. The number of rotatable bonds is 7. The number of benzene rings is 1. The minimum absolute atomic E-state index is 0.0180. The molecule has 0 bridgehead atoms. The quantitative estimate of drug-likeness (QED) is 0.702. The number of carbonyl (C=O) groups is 1. The molecule has 7 nitrogen and oxygen atoms in total. The lowest BCUT2D eigenvalue weighted by molar-refractivity contribution is -0.121. The highest BCUT2D eigenvalue weighted by molar-refractivity contribution is 7.89. The lowest BCUT2D eigenvalue weighted by Gasteiger charge is -2.09. The third kappa shape index (κ3) is 5.25. The van der Waals surface area contributed by atoms with Crippen molar-refractivity contribution in [3.63, 3.8) is 0 Å². The Balaban J connectivity index is 2.67. The van der Waals surface area contributed by atoms with Crippen LogP contribution >= 0.6 is 0 Å². The van der Waals surface area contributed by atoms with Gasteiger partial charge < -0.3 is 14.8 Å². The van der Waals surface area contributed by atoms with Gasteiger partial charge in [-0.25, -0.2) is 13.6 Å². The molecule has 1 amide bonds. The monoisotopic (exact) mass is 302 g/mol. The van der Waals surface area contributed by atoms with Crippen LogP contribution in [0.15, 0.2) is 23.1 Å². The molecule has 0 spiro atoms. The fraction of sp³-hybridized carbons (Fsp3) is 0.417. The number of anilines is 1. The summed E-state index contributed by atoms with van der Waals surface area (Å²) in [7, 11) is -2.28. The van der Waals surface area contributed by atoms with Crippen molar-refractivity contribution in [1.82, 2.24) is 0 Å². The van der Waals surface area contributed by atoms with Gasteiger partial charge in [0, 0.05) is 12.8 Å². The van der Waals surface area contributed by atoms with Gasteiger partial charge in [0.25, 0.3) is 0 Å². The lowest BCUT2D eigenvalue weighted by atomic mass is 10.2. The number of nitrogens with one attached hydrogen (secondary N) is 1. The summed E-state index contributed by atoms with van der Waals surface area (Å²) in [6.07, 6.45) is 0. The maximum Gasteiger partial charge on any atom is 0.250 e. The third-order valence-electron chi connectivity index (χ3n) is 2.44. The Bertz CT molecular complexity index is 571. The van der Waals surface area contributed by atoms with Gasteiger partial charge in [-0.05, 0) is 24.6 Å². The van der Waals surface area contributed by atoms with Crippen molar-refractivity contribution >= 4 is 21.6 Å². The van der Waals surface area contributed by atoms with E-state index in [1.165, 1.54) is 13.2 Å². The molecule has 1 aromatic carbocycles. The van der Waals surface area contributed by atoms with E-state index in [0.29, 0.717) is 24.5 Å². The number of sulfonamides is 1. The SMILES string of the molecule is COCCOCC(=O)Nc1ccc(C)c(S(N)(=O)=O)c1. The number of aryl methyl sites for hydroxylation is 1. The first-order valence-electron chi connectivity index (χ1n) is 5.84. The lowest BCUT2D eigenvalue weighted by Crippen LogP contribution is -2.20. The zero-order chi connectivity index (χ0) is 15.2. The zero-order valence-electron chi connectivity index (χ0n) is 11.4. The molecule has 1 rings (SSSR count). The Labute approximate surface area is 118 Å². The first kappa shape index (κ1) is 16.6. The molecule has 0 aliphatic heterocycles. The number of methoxy groups -OCH3 is 1. The molecule has 20 heavy (non-hydrogen) atoms. The topological polar surface area (TPSA) is 108 Å². The molecule has 0 aromatic heterocycles. The Morgan fingerprint density at radius 3 is 2.65 bits per heavy atom. The van der Waals surface area contributed by atoms with Crippen LogP contribution in [0.5, 0.6) is 0 Å². The van der Waals surface area contributed by atoms with Crippen molar-refractivity contribution in [3.8, 4) is 0 Å². The van der Waals surface area contributed by atoms with Crippen molar-refractivity contribution < 1.29 is 22.7 Å². The van der Waals surface area contributed by atoms with Gasteiger partial charge in [0.05, 0.1) is 18.1 Å². The number of ether oxygens (including phenoxy) is 2. The van der Waals surface area contributed by atoms with E-state index < -0.39 is 10.0 Å². The van der Waals surface area contributed by atoms with Crippen LogP contribution in [-0.4, -0.2) is 41.3 Å². The highest BCUT2D eigenvalue weighted by Gasteiger charge is 2.13. The Morgan fingerprint density at radius 1 is 1.35 bits per heavy atom. The van der Waals surface area contributed by atoms with E-state index in [-0.39, 0.29) is 17.4 Å². The number of nitrogens with two attached hydrogens (primary N) is 1. The average Bonchev–Trinajstić information content (AvgIpc) is 2.36. The molecule has 1 aromatic rings. The van der Waals surface area contributed by atoms with Crippen LogP contribution in [0.3, 0.4) is 0 Å². The van der Waals surface area contributed by atoms with Crippen molar-refractivity contribution in [2.45, 2.75) is 11.8 Å². The van der Waals surface area contributed by atoms with Gasteiger partial charge >= 0.3 is 0 Å². The molecule has 0 aliphatic carbocycles. The molecule has 0 aliphatic rings. The Kier molecular flexibility index (Phi) is 6.08. The van der Waals surface area contributed by atoms with E-state index in [0.717, 1.165) is 0 Å². The maximum absolute atomic E-state index is 11.6. The highest BCUT2D eigenvalue weighted by Crippen LogP contribution is 2.18. The van der Waals surface area contributed by atoms with E-state index in [4.69, 9.17) is 14.6 Å². The van der Waals surface area contributed by atoms with E-state index in [9.17, 15) is 13.2 Å². The first-order valence-corrected chi connectivity index (χ1v) is 7.39. The average molecular weight is 302 g/mol. The van der Waals surface area contributed by atoms with Gasteiger partial charge in [-0.15, -0.1) is 0 Å². The second-order valence-electron chi connectivity index (χ2n) is 4.12. The van der Waals surface area contributed by atoms with Crippen molar-refractivity contribution in [2.24, 2.45) is 5.14 Å². The van der Waals surface area contributed by atoms with Crippen molar-refractivity contribution in [3.05, 3.63) is 23.8 Å². The summed E-state index contributed by atoms with van der Waals surface area (Å²) >= 11 is 0. The number of primary sulfonamides is 1. The Hall–Kier alpha value is -1.48. The summed E-state index contributed by atoms with van der Waals surface area (Å²) in [4.78, 5) is 11.5. The van der Waals surface area contributed by atoms with Crippen molar-refractivity contribution in [2.75, 3.05) is 32.2 Å². The van der Waals surface area contributed by atoms with Crippen LogP contribution in [0.1, 0.15) is 5.56 Å². The summed E-state index contributed by atoms with van der Waals surface area (Å²) in [6.45, 7) is 2.19. The number of hydrogen-bond acceptors (Lipinski definition) is 5. The minimum atomic E-state index is -3.82. The van der Waals surface area contributed by atoms with Gasteiger partial charge in [-0.1, -0.05) is 6.07 Å². The standard InChI is InChI=1S/C12H18N2O5S/c1-9-3-4-10(7-11(9)20(13,16)17)14-12(15)8-19-6-5-18-2/h3-4,7H,5-6,8H2,1-2H3,(H,14,15)(H2,13,16,17). The van der Waals surface area contributed by atoms with Crippen LogP contribution in [-0.2, 0) is 24.3 Å². The third-order valence-corrected chi connectivity index (χ3v) is 3.50. The van der Waals surface area contributed by atoms with E-state index in [2.05, 4.69) is 5.32 Å². The fourth-order valence-corrected chi connectivity index (χ4v) is 2.30. The molecular weight excluding hydrogens is 284 g/mol. The maximum atomic E-state index is 11.6. The molecule has 0 radical (unpaired) electrons. The van der Waals surface area contributed by atoms with Crippen LogP contribution in [0.25, 0.3) is 0 Å². The molecule has 0 saturated carbocycles. The molecule has 0 atom stereocenters. The number of hydrogen-bond donors (Lipinski definition) is 2. The smallest absolute Gasteiger partial charge is 0.250 e. The van der Waals surface area contributed by atoms with Crippen LogP contribution in [0, 0.1) is 6.92 Å². The molecule has 0 heterocycles. The van der Waals surface area contributed by atoms with Gasteiger partial charge in [-0.3, -0.25) is 4.79 Å². The summed E-state index contributed by atoms with van der Waals surface area (Å²) in [5, 5.41) is 7.63. The zero-order valence-corrected chi connectivity index (χ0v) is 12.2. The summed E-state index contributed by atoms with van der Waals surface area (Å²) < 4.78 is 32.5. The van der Waals surface area contributed by atoms with Gasteiger partial charge in [0.15, 0.2) is 0 Å². The minimum Gasteiger partial charge on any atom is -0.382 e. The predicted molar refractivity (Wildman–Crippen MR) is 73.9 cm³/mol. The van der Waals surface area contributed by atoms with E-state index in [1.807, 2.05) is 0 Å². The summed E-state index contributed by atoms with van der Waals surface area (Å²) in [5.41, 5.74) is 0.863. The van der Waals surface area contributed by atoms with Crippen LogP contribution in [0.2, 0.25) is 0 Å². The normalized spacial score (nSPS) is 11.3. The van der Waals surface area contributed by atoms with Gasteiger partial charge in [-0.2, -0.15) is 0 Å². The van der Waals surface area contributed by atoms with Crippen LogP contribution < -0.4 is 10.5 Å². The van der Waals surface area contributed by atoms with Gasteiger partial charge in [0.2, 0.25) is 15.9 Å². The molecular formula is C12H18N2O5S. The summed E-state index contributed by atoms with van der Waals surface area (Å²) in [6, 6.07) is 4.48. The van der Waals surface area contributed by atoms with E-state index >= 15 is 0 Å². The predicted octanol–water partition coefficient (Wildman–Crippen LogP) is 0.244. The second kappa shape index (κ2) is 7.34. The van der Waals surface area contributed by atoms with Crippen molar-refractivity contribution in [1.29, 1.82) is 0 Å². The summed E-state index contributed by atoms with van der Waals surface area (Å²) in [5.74, 6) is -0.384. The first-order chi connectivity index (χ1) is 9.34. The van der Waals surface area contributed by atoms with Gasteiger partial charge in [0.1, 0.15) is 6.61 Å². The van der Waals surface area contributed by atoms with E-state index in [1.54, 1.807) is 19.1 Å². The number of carbonyl (C=O) groups excluding carboxylic acids is 1.